The van der Waals surface area contributed by atoms with Crippen LogP contribution in [0.15, 0.2) is 48.5 Å². The van der Waals surface area contributed by atoms with Gasteiger partial charge in [-0.05, 0) is 32.0 Å². The maximum atomic E-state index is 13.0. The van der Waals surface area contributed by atoms with Gasteiger partial charge in [-0.25, -0.2) is 4.79 Å². The molecule has 0 spiro atoms. The highest BCUT2D eigenvalue weighted by Gasteiger charge is 2.40. The Labute approximate surface area is 144 Å². The van der Waals surface area contributed by atoms with Crippen molar-refractivity contribution in [2.45, 2.75) is 26.0 Å². The molecule has 1 amide bonds. The minimum Gasteiger partial charge on any atom is -0.480 e. The molecular formula is C19H17NO5. The summed E-state index contributed by atoms with van der Waals surface area (Å²) < 4.78 is 5.83. The maximum Gasteiger partial charge on any atom is 0.326 e. The van der Waals surface area contributed by atoms with Gasteiger partial charge in [0, 0.05) is 11.1 Å². The number of ether oxygens (including phenoxy) is 1. The summed E-state index contributed by atoms with van der Waals surface area (Å²) in [5.41, 5.74) is 1.31. The predicted molar refractivity (Wildman–Crippen MR) is 90.8 cm³/mol. The maximum absolute atomic E-state index is 13.0. The summed E-state index contributed by atoms with van der Waals surface area (Å²) in [6.45, 7) is 2.84. The van der Waals surface area contributed by atoms with E-state index in [9.17, 15) is 19.5 Å². The predicted octanol–water partition coefficient (Wildman–Crippen LogP) is 2.83. The number of carboxylic acids is 1. The van der Waals surface area contributed by atoms with Crippen molar-refractivity contribution in [3.05, 3.63) is 59.7 Å². The molecule has 1 N–H and O–H groups in total. The number of anilines is 1. The molecule has 25 heavy (non-hydrogen) atoms. The Kier molecular flexibility index (Phi) is 4.27. The minimum absolute atomic E-state index is 0.177. The Morgan fingerprint density at radius 1 is 1.16 bits per heavy atom. The van der Waals surface area contributed by atoms with Crippen molar-refractivity contribution in [2.24, 2.45) is 0 Å². The highest BCUT2D eigenvalue weighted by atomic mass is 16.5. The average molecular weight is 339 g/mol. The largest absolute Gasteiger partial charge is 0.480 e. The van der Waals surface area contributed by atoms with E-state index in [-0.39, 0.29) is 5.78 Å². The monoisotopic (exact) mass is 339 g/mol. The van der Waals surface area contributed by atoms with E-state index in [1.54, 1.807) is 36.4 Å². The molecule has 0 saturated carbocycles. The van der Waals surface area contributed by atoms with Gasteiger partial charge in [0.1, 0.15) is 11.8 Å². The van der Waals surface area contributed by atoms with Gasteiger partial charge >= 0.3 is 5.97 Å². The van der Waals surface area contributed by atoms with Crippen LogP contribution in [0.25, 0.3) is 0 Å². The first-order chi connectivity index (χ1) is 11.9. The second kappa shape index (κ2) is 6.39. The Morgan fingerprint density at radius 2 is 1.84 bits per heavy atom. The van der Waals surface area contributed by atoms with E-state index >= 15 is 0 Å². The lowest BCUT2D eigenvalue weighted by Crippen LogP contribution is -2.49. The topological polar surface area (TPSA) is 83.9 Å². The van der Waals surface area contributed by atoms with Gasteiger partial charge in [-0.15, -0.1) is 0 Å². The molecule has 1 aliphatic rings. The number of carboxylic acid groups (broad SMARTS) is 1. The molecule has 6 nitrogen and oxygen atoms in total. The summed E-state index contributed by atoms with van der Waals surface area (Å²) in [7, 11) is 0. The molecule has 2 aromatic rings. The van der Waals surface area contributed by atoms with Crippen LogP contribution in [-0.4, -0.2) is 28.8 Å². The molecular weight excluding hydrogens is 322 g/mol. The lowest BCUT2D eigenvalue weighted by Gasteiger charge is -2.36. The van der Waals surface area contributed by atoms with Crippen molar-refractivity contribution in [3.8, 4) is 5.75 Å². The normalized spacial score (nSPS) is 17.4. The number of carbonyl (C=O) groups excluding carboxylic acids is 2. The van der Waals surface area contributed by atoms with Crippen LogP contribution in [0.1, 0.15) is 35.9 Å². The molecule has 128 valence electrons. The molecule has 2 atom stereocenters. The Balaban J connectivity index is 2.13. The zero-order valence-electron chi connectivity index (χ0n) is 13.8. The summed E-state index contributed by atoms with van der Waals surface area (Å²) in [6.07, 6.45) is -0.932. The van der Waals surface area contributed by atoms with Crippen LogP contribution in [-0.2, 0) is 9.59 Å². The fraction of sp³-hybridized carbons (Fsp3) is 0.211. The number of Topliss-reactive ketones (excluding diaryl/α,β-unsaturated/α-hetero) is 1. The van der Waals surface area contributed by atoms with Crippen LogP contribution in [0.2, 0.25) is 0 Å². The molecule has 6 heteroatoms. The Bertz CT molecular complexity index is 846. The molecule has 0 radical (unpaired) electrons. The summed E-state index contributed by atoms with van der Waals surface area (Å²) in [6, 6.07) is 12.5. The van der Waals surface area contributed by atoms with E-state index in [0.29, 0.717) is 22.6 Å². The third-order valence-electron chi connectivity index (χ3n) is 4.18. The van der Waals surface area contributed by atoms with Crippen molar-refractivity contribution in [1.29, 1.82) is 0 Å². The molecule has 2 aromatic carbocycles. The molecule has 0 aromatic heterocycles. The Hall–Kier alpha value is -3.15. The number of benzene rings is 2. The van der Waals surface area contributed by atoms with E-state index in [4.69, 9.17) is 4.74 Å². The fourth-order valence-corrected chi connectivity index (χ4v) is 2.80. The van der Waals surface area contributed by atoms with Crippen LogP contribution in [0.5, 0.6) is 5.75 Å². The van der Waals surface area contributed by atoms with E-state index in [0.717, 1.165) is 0 Å². The van der Waals surface area contributed by atoms with Crippen molar-refractivity contribution < 1.29 is 24.2 Å². The lowest BCUT2D eigenvalue weighted by atomic mass is 10.0. The molecule has 1 aliphatic heterocycles. The van der Waals surface area contributed by atoms with Gasteiger partial charge in [0.2, 0.25) is 6.10 Å². The molecule has 2 unspecified atom stereocenters. The van der Waals surface area contributed by atoms with Crippen LogP contribution in [0.4, 0.5) is 5.69 Å². The Morgan fingerprint density at radius 3 is 2.44 bits per heavy atom. The fourth-order valence-electron chi connectivity index (χ4n) is 2.80. The number of ketones is 1. The van der Waals surface area contributed by atoms with Gasteiger partial charge in [-0.1, -0.05) is 30.3 Å². The number of hydrogen-bond donors (Lipinski definition) is 1. The van der Waals surface area contributed by atoms with Crippen LogP contribution in [0, 0.1) is 0 Å². The van der Waals surface area contributed by atoms with Crippen molar-refractivity contribution in [1.82, 2.24) is 0 Å². The number of fused-ring (bicyclic) bond motifs is 1. The number of aliphatic carboxylic acids is 1. The van der Waals surface area contributed by atoms with Crippen LogP contribution >= 0.6 is 0 Å². The van der Waals surface area contributed by atoms with Gasteiger partial charge in [0.15, 0.2) is 5.78 Å². The van der Waals surface area contributed by atoms with E-state index in [1.165, 1.54) is 24.8 Å². The van der Waals surface area contributed by atoms with Crippen LogP contribution in [0.3, 0.4) is 0 Å². The van der Waals surface area contributed by atoms with E-state index < -0.39 is 24.0 Å². The zero-order valence-corrected chi connectivity index (χ0v) is 13.8. The van der Waals surface area contributed by atoms with Gasteiger partial charge in [0.05, 0.1) is 5.69 Å². The summed E-state index contributed by atoms with van der Waals surface area (Å²) in [4.78, 5) is 37.3. The summed E-state index contributed by atoms with van der Waals surface area (Å²) in [5, 5.41) is 9.41. The number of amides is 1. The van der Waals surface area contributed by atoms with Crippen molar-refractivity contribution in [3.63, 3.8) is 0 Å². The number of carbonyl (C=O) groups is 3. The molecule has 3 rings (SSSR count). The summed E-state index contributed by atoms with van der Waals surface area (Å²) >= 11 is 0. The lowest BCUT2D eigenvalue weighted by molar-refractivity contribution is -0.141. The third kappa shape index (κ3) is 2.98. The zero-order chi connectivity index (χ0) is 18.1. The van der Waals surface area contributed by atoms with Crippen molar-refractivity contribution >= 4 is 23.3 Å². The smallest absolute Gasteiger partial charge is 0.326 e. The van der Waals surface area contributed by atoms with Crippen LogP contribution < -0.4 is 9.64 Å². The van der Waals surface area contributed by atoms with Gasteiger partial charge in [-0.3, -0.25) is 14.5 Å². The quantitative estimate of drug-likeness (QED) is 0.866. The number of nitrogens with zero attached hydrogens (tertiary/aromatic N) is 1. The minimum atomic E-state index is -1.14. The van der Waals surface area contributed by atoms with Crippen molar-refractivity contribution in [2.75, 3.05) is 4.90 Å². The molecule has 0 bridgehead atoms. The highest BCUT2D eigenvalue weighted by Crippen LogP contribution is 2.40. The number of hydrogen-bond acceptors (Lipinski definition) is 4. The number of rotatable bonds is 4. The van der Waals surface area contributed by atoms with Gasteiger partial charge < -0.3 is 9.84 Å². The van der Waals surface area contributed by atoms with E-state index in [2.05, 4.69) is 0 Å². The molecule has 0 aliphatic carbocycles. The third-order valence-corrected chi connectivity index (χ3v) is 4.18. The molecule has 0 fully saturated rings. The SMILES string of the molecule is CC(=O)c1ccc2c(c1)N(C(C)C(=O)O)C(=O)C(c1ccccc1)O2. The first-order valence-corrected chi connectivity index (χ1v) is 7.82. The first kappa shape index (κ1) is 16.7. The molecule has 0 saturated heterocycles. The molecule has 1 heterocycles. The second-order valence-corrected chi connectivity index (χ2v) is 5.87. The summed E-state index contributed by atoms with van der Waals surface area (Å²) in [5.74, 6) is -1.43. The van der Waals surface area contributed by atoms with Gasteiger partial charge in [-0.2, -0.15) is 0 Å². The highest BCUT2D eigenvalue weighted by molar-refractivity contribution is 6.06. The standard InChI is InChI=1S/C19H17NO5/c1-11(19(23)24)20-15-10-14(12(2)21)8-9-16(15)25-17(18(20)22)13-6-4-3-5-7-13/h3-11,17H,1-2H3,(H,23,24). The average Bonchev–Trinajstić information content (AvgIpc) is 2.60. The van der Waals surface area contributed by atoms with Gasteiger partial charge in [0.25, 0.3) is 5.91 Å². The van der Waals surface area contributed by atoms with E-state index in [1.807, 2.05) is 6.07 Å². The first-order valence-electron chi connectivity index (χ1n) is 7.82. The second-order valence-electron chi connectivity index (χ2n) is 5.87.